The molecule has 138 valence electrons. The lowest BCUT2D eigenvalue weighted by Crippen LogP contribution is -2.23. The highest BCUT2D eigenvalue weighted by Crippen LogP contribution is 2.32. The number of aromatic nitrogens is 4. The van der Waals surface area contributed by atoms with Gasteiger partial charge in [-0.25, -0.2) is 4.98 Å². The van der Waals surface area contributed by atoms with Crippen molar-refractivity contribution in [2.24, 2.45) is 5.92 Å². The lowest BCUT2D eigenvalue weighted by molar-refractivity contribution is 0.207. The molecular formula is C20H27N5O. The summed E-state index contributed by atoms with van der Waals surface area (Å²) in [5.41, 5.74) is 3.39. The van der Waals surface area contributed by atoms with Gasteiger partial charge >= 0.3 is 0 Å². The number of fused-ring (bicyclic) bond motifs is 1. The van der Waals surface area contributed by atoms with Crippen LogP contribution in [0.1, 0.15) is 62.3 Å². The van der Waals surface area contributed by atoms with Gasteiger partial charge in [-0.1, -0.05) is 25.1 Å². The molecule has 0 bridgehead atoms. The van der Waals surface area contributed by atoms with Crippen LogP contribution in [0.3, 0.4) is 0 Å². The SMILES string of the molecule is Cc1ccc2nc([C@@H]3CCCN3Cc3nc(CCC(C)C)no3)[nH]c2c1. The lowest BCUT2D eigenvalue weighted by Gasteiger charge is -2.20. The molecule has 1 saturated heterocycles. The highest BCUT2D eigenvalue weighted by Gasteiger charge is 2.30. The van der Waals surface area contributed by atoms with Crippen molar-refractivity contribution in [3.8, 4) is 0 Å². The van der Waals surface area contributed by atoms with E-state index < -0.39 is 0 Å². The van der Waals surface area contributed by atoms with E-state index in [-0.39, 0.29) is 6.04 Å². The van der Waals surface area contributed by atoms with Crippen molar-refractivity contribution < 1.29 is 4.52 Å². The first-order valence-corrected chi connectivity index (χ1v) is 9.60. The number of hydrogen-bond donors (Lipinski definition) is 1. The van der Waals surface area contributed by atoms with Gasteiger partial charge < -0.3 is 9.51 Å². The Hall–Kier alpha value is -2.21. The highest BCUT2D eigenvalue weighted by atomic mass is 16.5. The molecule has 1 atom stereocenters. The summed E-state index contributed by atoms with van der Waals surface area (Å²) in [7, 11) is 0. The summed E-state index contributed by atoms with van der Waals surface area (Å²) < 4.78 is 5.48. The average Bonchev–Trinajstić information content (AvgIpc) is 3.32. The van der Waals surface area contributed by atoms with Gasteiger partial charge in [-0.05, 0) is 56.3 Å². The lowest BCUT2D eigenvalue weighted by atomic mass is 10.1. The minimum atomic E-state index is 0.286. The molecule has 0 unspecified atom stereocenters. The van der Waals surface area contributed by atoms with Crippen molar-refractivity contribution >= 4 is 11.0 Å². The number of H-pyrrole nitrogens is 1. The van der Waals surface area contributed by atoms with Gasteiger partial charge in [0.2, 0.25) is 5.89 Å². The van der Waals surface area contributed by atoms with Gasteiger partial charge in [-0.2, -0.15) is 4.98 Å². The molecular weight excluding hydrogens is 326 g/mol. The Morgan fingerprint density at radius 3 is 3.04 bits per heavy atom. The Balaban J connectivity index is 1.47. The van der Waals surface area contributed by atoms with E-state index in [2.05, 4.69) is 59.0 Å². The topological polar surface area (TPSA) is 70.8 Å². The van der Waals surface area contributed by atoms with Gasteiger partial charge in [0, 0.05) is 6.42 Å². The third kappa shape index (κ3) is 3.65. The van der Waals surface area contributed by atoms with Crippen LogP contribution in [0, 0.1) is 12.8 Å². The van der Waals surface area contributed by atoms with Crippen LogP contribution >= 0.6 is 0 Å². The molecule has 1 fully saturated rings. The number of aromatic amines is 1. The number of hydrogen-bond acceptors (Lipinski definition) is 5. The monoisotopic (exact) mass is 353 g/mol. The van der Waals surface area contributed by atoms with E-state index in [1.165, 1.54) is 5.56 Å². The molecule has 0 amide bonds. The van der Waals surface area contributed by atoms with Crippen LogP contribution < -0.4 is 0 Å². The zero-order valence-electron chi connectivity index (χ0n) is 15.8. The first-order chi connectivity index (χ1) is 12.6. The maximum Gasteiger partial charge on any atom is 0.240 e. The number of rotatable bonds is 6. The van der Waals surface area contributed by atoms with Crippen LogP contribution in [0.2, 0.25) is 0 Å². The number of likely N-dealkylation sites (tertiary alicyclic amines) is 1. The fourth-order valence-electron chi connectivity index (χ4n) is 3.67. The predicted molar refractivity (Wildman–Crippen MR) is 101 cm³/mol. The summed E-state index contributed by atoms with van der Waals surface area (Å²) in [6, 6.07) is 6.64. The van der Waals surface area contributed by atoms with Crippen LogP contribution in [0.5, 0.6) is 0 Å². The molecule has 1 aliphatic heterocycles. The van der Waals surface area contributed by atoms with E-state index in [0.717, 1.165) is 54.9 Å². The van der Waals surface area contributed by atoms with E-state index in [1.807, 2.05) is 0 Å². The molecule has 1 aromatic carbocycles. The van der Waals surface area contributed by atoms with Gasteiger partial charge in [-0.3, -0.25) is 4.90 Å². The molecule has 1 N–H and O–H groups in total. The normalized spacial score (nSPS) is 18.4. The molecule has 26 heavy (non-hydrogen) atoms. The second-order valence-electron chi connectivity index (χ2n) is 7.81. The molecule has 0 saturated carbocycles. The molecule has 2 aromatic heterocycles. The molecule has 0 aliphatic carbocycles. The van der Waals surface area contributed by atoms with Crippen molar-refractivity contribution in [3.05, 3.63) is 41.3 Å². The first-order valence-electron chi connectivity index (χ1n) is 9.60. The summed E-state index contributed by atoms with van der Waals surface area (Å²) in [6.45, 7) is 8.25. The zero-order chi connectivity index (χ0) is 18.1. The van der Waals surface area contributed by atoms with Gasteiger partial charge in [0.25, 0.3) is 0 Å². The number of aryl methyl sites for hydroxylation is 2. The average molecular weight is 353 g/mol. The summed E-state index contributed by atoms with van der Waals surface area (Å²) in [4.78, 5) is 15.3. The molecule has 0 radical (unpaired) electrons. The van der Waals surface area contributed by atoms with Crippen molar-refractivity contribution in [1.29, 1.82) is 0 Å². The summed E-state index contributed by atoms with van der Waals surface area (Å²) in [5.74, 6) is 3.23. The van der Waals surface area contributed by atoms with Crippen molar-refractivity contribution in [3.63, 3.8) is 0 Å². The molecule has 6 heteroatoms. The number of nitrogens with one attached hydrogen (secondary N) is 1. The van der Waals surface area contributed by atoms with Crippen LogP contribution in [-0.2, 0) is 13.0 Å². The summed E-state index contributed by atoms with van der Waals surface area (Å²) >= 11 is 0. The van der Waals surface area contributed by atoms with Crippen molar-refractivity contribution in [2.75, 3.05) is 6.54 Å². The second kappa shape index (κ2) is 7.19. The van der Waals surface area contributed by atoms with E-state index in [0.29, 0.717) is 18.4 Å². The van der Waals surface area contributed by atoms with Crippen LogP contribution in [0.15, 0.2) is 22.7 Å². The molecule has 3 aromatic rings. The third-order valence-corrected chi connectivity index (χ3v) is 5.13. The Bertz CT molecular complexity index is 881. The summed E-state index contributed by atoms with van der Waals surface area (Å²) in [5, 5.41) is 4.14. The minimum absolute atomic E-state index is 0.286. The fraction of sp³-hybridized carbons (Fsp3) is 0.550. The molecule has 1 aliphatic rings. The summed E-state index contributed by atoms with van der Waals surface area (Å²) in [6.07, 6.45) is 4.24. The minimum Gasteiger partial charge on any atom is -0.341 e. The van der Waals surface area contributed by atoms with E-state index in [9.17, 15) is 0 Å². The fourth-order valence-corrected chi connectivity index (χ4v) is 3.67. The maximum absolute atomic E-state index is 5.48. The Morgan fingerprint density at radius 2 is 2.19 bits per heavy atom. The van der Waals surface area contributed by atoms with Gasteiger partial charge in [0.05, 0.1) is 23.6 Å². The standard InChI is InChI=1S/C20H27N5O/c1-13(2)6-9-18-23-19(26-24-18)12-25-10-4-5-17(25)20-21-15-8-7-14(3)11-16(15)22-20/h7-8,11,13,17H,4-6,9-10,12H2,1-3H3,(H,21,22)/t17-/m0/s1. The Labute approximate surface area is 154 Å². The van der Waals surface area contributed by atoms with Gasteiger partial charge in [0.15, 0.2) is 5.82 Å². The Morgan fingerprint density at radius 1 is 1.31 bits per heavy atom. The van der Waals surface area contributed by atoms with E-state index in [1.54, 1.807) is 0 Å². The molecule has 0 spiro atoms. The van der Waals surface area contributed by atoms with Crippen molar-refractivity contribution in [2.45, 2.75) is 59.0 Å². The largest absolute Gasteiger partial charge is 0.341 e. The molecule has 3 heterocycles. The van der Waals surface area contributed by atoms with Crippen LogP contribution in [0.25, 0.3) is 11.0 Å². The number of imidazole rings is 1. The highest BCUT2D eigenvalue weighted by molar-refractivity contribution is 5.75. The van der Waals surface area contributed by atoms with Gasteiger partial charge in [0.1, 0.15) is 5.82 Å². The van der Waals surface area contributed by atoms with Crippen LogP contribution in [-0.4, -0.2) is 31.6 Å². The van der Waals surface area contributed by atoms with E-state index >= 15 is 0 Å². The van der Waals surface area contributed by atoms with E-state index in [4.69, 9.17) is 9.51 Å². The predicted octanol–water partition coefficient (Wildman–Crippen LogP) is 4.18. The molecule has 6 nitrogen and oxygen atoms in total. The van der Waals surface area contributed by atoms with Crippen LogP contribution in [0.4, 0.5) is 0 Å². The van der Waals surface area contributed by atoms with Gasteiger partial charge in [-0.15, -0.1) is 0 Å². The first kappa shape index (κ1) is 17.2. The Kier molecular flexibility index (Phi) is 4.76. The third-order valence-electron chi connectivity index (χ3n) is 5.13. The quantitative estimate of drug-likeness (QED) is 0.720. The zero-order valence-corrected chi connectivity index (χ0v) is 15.8. The number of benzene rings is 1. The second-order valence-corrected chi connectivity index (χ2v) is 7.81. The van der Waals surface area contributed by atoms with Crippen molar-refractivity contribution in [1.82, 2.24) is 25.0 Å². The smallest absolute Gasteiger partial charge is 0.240 e. The number of nitrogens with zero attached hydrogens (tertiary/aromatic N) is 4. The molecule has 4 rings (SSSR count). The maximum atomic E-state index is 5.48.